The fourth-order valence-corrected chi connectivity index (χ4v) is 4.93. The number of aromatic hydroxyl groups is 2. The summed E-state index contributed by atoms with van der Waals surface area (Å²) >= 11 is 0. The lowest BCUT2D eigenvalue weighted by Gasteiger charge is -2.33. The van der Waals surface area contributed by atoms with Gasteiger partial charge in [0.2, 0.25) is 0 Å². The van der Waals surface area contributed by atoms with Gasteiger partial charge >= 0.3 is 0 Å². The van der Waals surface area contributed by atoms with E-state index >= 15 is 0 Å². The number of amides is 2. The molecule has 4 N–H and O–H groups in total. The van der Waals surface area contributed by atoms with Crippen molar-refractivity contribution in [2.45, 2.75) is 119 Å². The molecule has 0 aromatic heterocycles. The number of carbonyl (C=O) groups excluding carboxylic acids is 2. The van der Waals surface area contributed by atoms with Crippen LogP contribution >= 0.6 is 0 Å². The van der Waals surface area contributed by atoms with Crippen LogP contribution in [0.25, 0.3) is 0 Å². The van der Waals surface area contributed by atoms with Crippen LogP contribution < -0.4 is 5.84 Å². The summed E-state index contributed by atoms with van der Waals surface area (Å²) in [4.78, 5) is 28.2. The monoisotopic (exact) mass is 552 g/mol. The summed E-state index contributed by atoms with van der Waals surface area (Å²) in [5.41, 5.74) is 1.86. The van der Waals surface area contributed by atoms with E-state index < -0.39 is 23.7 Å². The zero-order chi connectivity index (χ0) is 31.0. The van der Waals surface area contributed by atoms with Gasteiger partial charge in [0, 0.05) is 11.1 Å². The van der Waals surface area contributed by atoms with E-state index in [9.17, 15) is 19.8 Å². The number of phenols is 2. The topological polar surface area (TPSA) is 104 Å². The first kappa shape index (κ1) is 33.3. The van der Waals surface area contributed by atoms with Gasteiger partial charge in [-0.25, -0.2) is 10.9 Å². The van der Waals surface area contributed by atoms with Gasteiger partial charge < -0.3 is 10.2 Å². The van der Waals surface area contributed by atoms with Gasteiger partial charge in [-0.2, -0.15) is 0 Å². The normalized spacial score (nSPS) is 14.5. The number of nitrogens with zero attached hydrogens (tertiary/aromatic N) is 1. The van der Waals surface area contributed by atoms with Gasteiger partial charge in [-0.15, -0.1) is 0 Å². The number of phenolic OH excluding ortho intramolecular Hbond substituents is 2. The quantitative estimate of drug-likeness (QED) is 0.194. The molecule has 0 fully saturated rings. The first-order chi connectivity index (χ1) is 17.9. The number of hydrazine groups is 1. The lowest BCUT2D eigenvalue weighted by Crippen LogP contribution is -2.48. The van der Waals surface area contributed by atoms with Crippen LogP contribution in [0.2, 0.25) is 0 Å². The predicted octanol–water partition coefficient (Wildman–Crippen LogP) is 7.66. The molecule has 40 heavy (non-hydrogen) atoms. The molecule has 0 bridgehead atoms. The molecular weight excluding hydrogens is 500 g/mol. The Morgan fingerprint density at radius 2 is 0.950 bits per heavy atom. The van der Waals surface area contributed by atoms with Crippen molar-refractivity contribution in [2.24, 2.45) is 16.7 Å². The van der Waals surface area contributed by atoms with Crippen molar-refractivity contribution in [2.75, 3.05) is 0 Å². The molecule has 2 atom stereocenters. The zero-order valence-electron chi connectivity index (χ0n) is 26.8. The number of carbonyl (C=O) groups is 2. The van der Waals surface area contributed by atoms with Crippen molar-refractivity contribution in [3.8, 4) is 11.5 Å². The van der Waals surface area contributed by atoms with E-state index in [0.717, 1.165) is 16.1 Å². The lowest BCUT2D eigenvalue weighted by atomic mass is 9.77. The third-order valence-corrected chi connectivity index (χ3v) is 7.24. The minimum Gasteiger partial charge on any atom is -0.508 e. The number of benzene rings is 2. The molecule has 2 amide bonds. The molecule has 0 aliphatic rings. The Labute approximate surface area is 241 Å². The van der Waals surface area contributed by atoms with Crippen molar-refractivity contribution in [1.29, 1.82) is 0 Å². The second kappa shape index (κ2) is 11.6. The van der Waals surface area contributed by atoms with E-state index in [1.54, 1.807) is 12.1 Å². The van der Waals surface area contributed by atoms with Crippen LogP contribution in [0.3, 0.4) is 0 Å². The molecule has 2 unspecified atom stereocenters. The van der Waals surface area contributed by atoms with E-state index in [0.29, 0.717) is 24.0 Å². The zero-order valence-corrected chi connectivity index (χ0v) is 26.8. The van der Waals surface area contributed by atoms with Crippen molar-refractivity contribution in [1.82, 2.24) is 5.01 Å². The maximum absolute atomic E-state index is 14.1. The maximum Gasteiger partial charge on any atom is 0.251 e. The van der Waals surface area contributed by atoms with Crippen LogP contribution in [0.4, 0.5) is 0 Å². The first-order valence-corrected chi connectivity index (χ1v) is 14.2. The summed E-state index contributed by atoms with van der Waals surface area (Å²) in [5, 5.41) is 22.5. The highest BCUT2D eigenvalue weighted by Gasteiger charge is 2.38. The number of hydrogen-bond acceptors (Lipinski definition) is 5. The highest BCUT2D eigenvalue weighted by atomic mass is 16.3. The van der Waals surface area contributed by atoms with Crippen molar-refractivity contribution >= 4 is 11.8 Å². The van der Waals surface area contributed by atoms with Crippen LogP contribution in [0.15, 0.2) is 36.4 Å². The summed E-state index contributed by atoms with van der Waals surface area (Å²) in [6, 6.07) is 10.6. The van der Waals surface area contributed by atoms with Crippen molar-refractivity contribution < 1.29 is 19.8 Å². The van der Waals surface area contributed by atoms with Gasteiger partial charge in [0.15, 0.2) is 0 Å². The third kappa shape index (κ3) is 8.57. The minimum atomic E-state index is -0.832. The van der Waals surface area contributed by atoms with Gasteiger partial charge in [0.25, 0.3) is 11.8 Å². The van der Waals surface area contributed by atoms with Gasteiger partial charge in [0.1, 0.15) is 11.5 Å². The van der Waals surface area contributed by atoms with Gasteiger partial charge in [0.05, 0.1) is 11.8 Å². The molecular formula is C34H52N2O4. The Morgan fingerprint density at radius 3 is 1.20 bits per heavy atom. The molecule has 0 aliphatic carbocycles. The Morgan fingerprint density at radius 1 is 0.650 bits per heavy atom. The molecule has 0 saturated carbocycles. The fourth-order valence-electron chi connectivity index (χ4n) is 4.93. The van der Waals surface area contributed by atoms with Crippen LogP contribution in [0.1, 0.15) is 130 Å². The van der Waals surface area contributed by atoms with Crippen LogP contribution in [-0.2, 0) is 20.4 Å². The highest BCUT2D eigenvalue weighted by Crippen LogP contribution is 2.41. The summed E-state index contributed by atoms with van der Waals surface area (Å²) in [7, 11) is 0. The van der Waals surface area contributed by atoms with Gasteiger partial charge in [-0.05, 0) is 57.8 Å². The fraction of sp³-hybridized carbons (Fsp3) is 0.588. The van der Waals surface area contributed by atoms with Crippen LogP contribution in [-0.4, -0.2) is 27.0 Å². The second-order valence-electron chi connectivity index (χ2n) is 15.7. The molecule has 2 rings (SSSR count). The number of nitrogens with two attached hydrogens (primary N) is 1. The Bertz CT molecular complexity index is 1120. The smallest absolute Gasteiger partial charge is 0.251 e. The summed E-state index contributed by atoms with van der Waals surface area (Å²) in [6.45, 7) is 24.5. The van der Waals surface area contributed by atoms with Gasteiger partial charge in [-0.3, -0.25) is 9.59 Å². The van der Waals surface area contributed by atoms with Crippen molar-refractivity contribution in [3.05, 3.63) is 58.7 Å². The van der Waals surface area contributed by atoms with Crippen LogP contribution in [0.5, 0.6) is 11.5 Å². The standard InChI is InChI=1S/C34H52N2O4/c1-31(2,3)19-25(23-17-21(33(7,8)9)13-15-27(23)37)29(39)36(35)30(40)26(20-32(4,5)6)24-18-22(34(10,11)12)14-16-28(24)38/h13-18,25-26,37-38H,19-20,35H2,1-12H3. The van der Waals surface area contributed by atoms with E-state index in [1.807, 2.05) is 65.8 Å². The van der Waals surface area contributed by atoms with E-state index in [4.69, 9.17) is 5.84 Å². The van der Waals surface area contributed by atoms with E-state index in [1.165, 1.54) is 0 Å². The molecule has 0 heterocycles. The average Bonchev–Trinajstić information content (AvgIpc) is 2.78. The van der Waals surface area contributed by atoms with E-state index in [2.05, 4.69) is 41.5 Å². The molecule has 2 aromatic carbocycles. The van der Waals surface area contributed by atoms with Gasteiger partial charge in [-0.1, -0.05) is 107 Å². The maximum atomic E-state index is 14.1. The average molecular weight is 553 g/mol. The molecule has 0 spiro atoms. The third-order valence-electron chi connectivity index (χ3n) is 7.24. The minimum absolute atomic E-state index is 0.00165. The summed E-state index contributed by atoms with van der Waals surface area (Å²) < 4.78 is 0. The summed E-state index contributed by atoms with van der Waals surface area (Å²) in [6.07, 6.45) is 0.755. The van der Waals surface area contributed by atoms with Crippen LogP contribution in [0, 0.1) is 10.8 Å². The molecule has 2 aromatic rings. The molecule has 0 aliphatic heterocycles. The molecule has 0 saturated heterocycles. The Kier molecular flexibility index (Phi) is 9.63. The molecule has 6 heteroatoms. The largest absolute Gasteiger partial charge is 0.508 e. The number of imide groups is 1. The second-order valence-corrected chi connectivity index (χ2v) is 15.7. The number of hydrogen-bond donors (Lipinski definition) is 3. The number of rotatable bonds is 6. The molecule has 6 nitrogen and oxygen atoms in total. The highest BCUT2D eigenvalue weighted by molar-refractivity contribution is 6.01. The SMILES string of the molecule is CC(C)(C)CC(C(=O)N(N)C(=O)C(CC(C)(C)C)c1cc(C(C)(C)C)ccc1O)c1cc(C(C)(C)C)ccc1O. The Balaban J connectivity index is 2.65. The lowest BCUT2D eigenvalue weighted by molar-refractivity contribution is -0.148. The molecule has 0 radical (unpaired) electrons. The first-order valence-electron chi connectivity index (χ1n) is 14.2. The van der Waals surface area contributed by atoms with Crippen molar-refractivity contribution in [3.63, 3.8) is 0 Å². The van der Waals surface area contributed by atoms with E-state index in [-0.39, 0.29) is 33.2 Å². The Hall–Kier alpha value is -2.86. The molecule has 222 valence electrons. The predicted molar refractivity (Wildman–Crippen MR) is 163 cm³/mol. The summed E-state index contributed by atoms with van der Waals surface area (Å²) in [5.74, 6) is 3.57.